The number of carboxylic acid groups (broad SMARTS) is 1. The van der Waals surface area contributed by atoms with Crippen LogP contribution in [0.2, 0.25) is 0 Å². The number of benzene rings is 1. The number of aldehydes is 1. The molecule has 6 heteroatoms. The minimum atomic E-state index is -1.08. The van der Waals surface area contributed by atoms with Gasteiger partial charge in [0, 0.05) is 6.54 Å². The Morgan fingerprint density at radius 2 is 1.57 bits per heavy atom. The highest BCUT2D eigenvalue weighted by atomic mass is 16.4. The molecule has 1 aromatic rings. The fourth-order valence-corrected chi connectivity index (χ4v) is 1.68. The van der Waals surface area contributed by atoms with Crippen molar-refractivity contribution in [3.63, 3.8) is 0 Å². The summed E-state index contributed by atoms with van der Waals surface area (Å²) < 4.78 is 0. The zero-order chi connectivity index (χ0) is 17.2. The van der Waals surface area contributed by atoms with E-state index in [2.05, 4.69) is 0 Å². The molecule has 1 amide bonds. The molecule has 120 valence electrons. The first kappa shape index (κ1) is 18.0. The number of rotatable bonds is 4. The summed E-state index contributed by atoms with van der Waals surface area (Å²) in [6, 6.07) is 8.56. The van der Waals surface area contributed by atoms with Crippen LogP contribution in [0.1, 0.15) is 12.5 Å². The van der Waals surface area contributed by atoms with Crippen molar-refractivity contribution in [2.75, 3.05) is 0 Å². The summed E-state index contributed by atoms with van der Waals surface area (Å²) in [6.07, 6.45) is 4.55. The van der Waals surface area contributed by atoms with Gasteiger partial charge in [-0.05, 0) is 36.8 Å². The van der Waals surface area contributed by atoms with Gasteiger partial charge < -0.3 is 9.90 Å². The van der Waals surface area contributed by atoms with Crippen LogP contribution in [-0.4, -0.2) is 40.0 Å². The minimum Gasteiger partial charge on any atom is -0.465 e. The van der Waals surface area contributed by atoms with Crippen molar-refractivity contribution in [3.8, 4) is 0 Å². The smallest absolute Gasteiger partial charge is 0.408 e. The molecule has 0 fully saturated rings. The van der Waals surface area contributed by atoms with E-state index in [1.165, 1.54) is 24.3 Å². The highest BCUT2D eigenvalue weighted by Gasteiger charge is 2.18. The Bertz CT molecular complexity index is 596. The maximum absolute atomic E-state index is 10.9. The quantitative estimate of drug-likeness (QED) is 0.678. The Labute approximate surface area is 133 Å². The topological polar surface area (TPSA) is 91.8 Å². The van der Waals surface area contributed by atoms with Crippen molar-refractivity contribution < 1.29 is 24.3 Å². The summed E-state index contributed by atoms with van der Waals surface area (Å²) in [4.78, 5) is 43.1. The SMILES string of the molecule is CC(C=O)N(Cc1ccccc1)C(=O)O.O=C1C=CC(=O)C=C1. The third kappa shape index (κ3) is 6.52. The Morgan fingerprint density at radius 3 is 1.96 bits per heavy atom. The first-order valence-corrected chi connectivity index (χ1v) is 6.87. The van der Waals surface area contributed by atoms with Gasteiger partial charge in [-0.15, -0.1) is 0 Å². The van der Waals surface area contributed by atoms with Crippen LogP contribution in [0.25, 0.3) is 0 Å². The van der Waals surface area contributed by atoms with Gasteiger partial charge in [0.1, 0.15) is 6.29 Å². The Balaban J connectivity index is 0.000000277. The molecule has 0 heterocycles. The fraction of sp³-hybridized carbons (Fsp3) is 0.176. The molecule has 6 nitrogen and oxygen atoms in total. The van der Waals surface area contributed by atoms with Crippen LogP contribution in [0.5, 0.6) is 0 Å². The molecule has 1 atom stereocenters. The molecule has 1 aliphatic carbocycles. The van der Waals surface area contributed by atoms with Crippen LogP contribution >= 0.6 is 0 Å². The summed E-state index contributed by atoms with van der Waals surface area (Å²) in [5, 5.41) is 8.90. The van der Waals surface area contributed by atoms with Gasteiger partial charge in [0.15, 0.2) is 11.6 Å². The zero-order valence-corrected chi connectivity index (χ0v) is 12.6. The van der Waals surface area contributed by atoms with Crippen molar-refractivity contribution in [3.05, 3.63) is 60.2 Å². The molecule has 0 aliphatic heterocycles. The maximum atomic E-state index is 10.9. The molecule has 0 saturated carbocycles. The summed E-state index contributed by atoms with van der Waals surface area (Å²) in [6.45, 7) is 1.79. The van der Waals surface area contributed by atoms with Crippen LogP contribution in [0, 0.1) is 0 Å². The van der Waals surface area contributed by atoms with E-state index in [0.717, 1.165) is 10.5 Å². The highest BCUT2D eigenvalue weighted by Crippen LogP contribution is 2.07. The number of nitrogens with zero attached hydrogens (tertiary/aromatic N) is 1. The van der Waals surface area contributed by atoms with Crippen LogP contribution in [0.3, 0.4) is 0 Å². The normalized spacial score (nSPS) is 13.8. The molecule has 1 aromatic carbocycles. The Kier molecular flexibility index (Phi) is 7.13. The minimum absolute atomic E-state index is 0.121. The van der Waals surface area contributed by atoms with Gasteiger partial charge in [-0.3, -0.25) is 14.5 Å². The summed E-state index contributed by atoms with van der Waals surface area (Å²) in [5.74, 6) is -0.241. The third-order valence-corrected chi connectivity index (χ3v) is 2.95. The van der Waals surface area contributed by atoms with Crippen LogP contribution < -0.4 is 0 Å². The van der Waals surface area contributed by atoms with Crippen molar-refractivity contribution in [2.45, 2.75) is 19.5 Å². The average Bonchev–Trinajstić information content (AvgIpc) is 2.56. The molecule has 0 spiro atoms. The second-order valence-electron chi connectivity index (χ2n) is 4.74. The molecule has 23 heavy (non-hydrogen) atoms. The second-order valence-corrected chi connectivity index (χ2v) is 4.74. The largest absolute Gasteiger partial charge is 0.465 e. The third-order valence-electron chi connectivity index (χ3n) is 2.95. The van der Waals surface area contributed by atoms with E-state index in [9.17, 15) is 19.2 Å². The lowest BCUT2D eigenvalue weighted by atomic mass is 10.2. The van der Waals surface area contributed by atoms with Gasteiger partial charge in [0.2, 0.25) is 0 Å². The molecule has 2 rings (SSSR count). The van der Waals surface area contributed by atoms with Gasteiger partial charge in [0.05, 0.1) is 6.04 Å². The number of allylic oxidation sites excluding steroid dienone is 4. The zero-order valence-electron chi connectivity index (χ0n) is 12.6. The van der Waals surface area contributed by atoms with E-state index >= 15 is 0 Å². The van der Waals surface area contributed by atoms with Gasteiger partial charge in [-0.25, -0.2) is 4.79 Å². The van der Waals surface area contributed by atoms with Crippen LogP contribution in [0.15, 0.2) is 54.6 Å². The summed E-state index contributed by atoms with van der Waals surface area (Å²) in [7, 11) is 0. The molecular formula is C17H17NO5. The lowest BCUT2D eigenvalue weighted by molar-refractivity contribution is -0.113. The number of hydrogen-bond donors (Lipinski definition) is 1. The Hall–Kier alpha value is -3.02. The van der Waals surface area contributed by atoms with E-state index in [-0.39, 0.29) is 18.1 Å². The van der Waals surface area contributed by atoms with Gasteiger partial charge in [0.25, 0.3) is 0 Å². The van der Waals surface area contributed by atoms with E-state index in [4.69, 9.17) is 5.11 Å². The van der Waals surface area contributed by atoms with Crippen molar-refractivity contribution in [1.82, 2.24) is 4.90 Å². The monoisotopic (exact) mass is 315 g/mol. The van der Waals surface area contributed by atoms with E-state index < -0.39 is 12.1 Å². The van der Waals surface area contributed by atoms with Crippen molar-refractivity contribution in [1.29, 1.82) is 0 Å². The lowest BCUT2D eigenvalue weighted by Crippen LogP contribution is -2.37. The summed E-state index contributed by atoms with van der Waals surface area (Å²) >= 11 is 0. The highest BCUT2D eigenvalue weighted by molar-refractivity contribution is 6.14. The first-order chi connectivity index (χ1) is 10.9. The van der Waals surface area contributed by atoms with Crippen LogP contribution in [0.4, 0.5) is 4.79 Å². The number of carbonyl (C=O) groups is 4. The number of ketones is 2. The molecule has 1 aliphatic rings. The van der Waals surface area contributed by atoms with E-state index in [0.29, 0.717) is 6.29 Å². The fourth-order valence-electron chi connectivity index (χ4n) is 1.68. The van der Waals surface area contributed by atoms with Crippen molar-refractivity contribution in [2.24, 2.45) is 0 Å². The molecular weight excluding hydrogens is 298 g/mol. The van der Waals surface area contributed by atoms with Crippen molar-refractivity contribution >= 4 is 23.9 Å². The number of carbonyl (C=O) groups excluding carboxylic acids is 3. The van der Waals surface area contributed by atoms with Gasteiger partial charge >= 0.3 is 6.09 Å². The molecule has 1 N–H and O–H groups in total. The predicted molar refractivity (Wildman–Crippen MR) is 83.8 cm³/mol. The molecule has 0 saturated heterocycles. The lowest BCUT2D eigenvalue weighted by Gasteiger charge is -2.22. The van der Waals surface area contributed by atoms with E-state index in [1.807, 2.05) is 30.3 Å². The molecule has 1 unspecified atom stereocenters. The molecule has 0 bridgehead atoms. The second kappa shape index (κ2) is 9.09. The first-order valence-electron chi connectivity index (χ1n) is 6.87. The van der Waals surface area contributed by atoms with Gasteiger partial charge in [-0.1, -0.05) is 30.3 Å². The maximum Gasteiger partial charge on any atom is 0.408 e. The standard InChI is InChI=1S/C11H13NO3.C6H4O2/c1-9(8-13)12(11(14)15)7-10-5-3-2-4-6-10;7-5-1-2-6(8)4-3-5/h2-6,8-9H,7H2,1H3,(H,14,15);1-4H. The summed E-state index contributed by atoms with van der Waals surface area (Å²) in [5.41, 5.74) is 0.869. The predicted octanol–water partition coefficient (Wildman–Crippen LogP) is 2.00. The van der Waals surface area contributed by atoms with Crippen LogP contribution in [-0.2, 0) is 20.9 Å². The van der Waals surface area contributed by atoms with E-state index in [1.54, 1.807) is 6.92 Å². The number of hydrogen-bond acceptors (Lipinski definition) is 4. The Morgan fingerprint density at radius 1 is 1.09 bits per heavy atom. The van der Waals surface area contributed by atoms with Gasteiger partial charge in [-0.2, -0.15) is 0 Å². The molecule has 0 radical (unpaired) electrons. The molecule has 0 aromatic heterocycles. The number of amides is 1. The average molecular weight is 315 g/mol.